The Kier molecular flexibility index (Phi) is 4.63. The van der Waals surface area contributed by atoms with Gasteiger partial charge in [0.1, 0.15) is 5.75 Å². The monoisotopic (exact) mass is 386 g/mol. The van der Waals surface area contributed by atoms with Gasteiger partial charge in [-0.3, -0.25) is 0 Å². The Morgan fingerprint density at radius 3 is 2.04 bits per heavy atom. The summed E-state index contributed by atoms with van der Waals surface area (Å²) in [6, 6.07) is 10.8. The maximum atomic E-state index is 13.3. The van der Waals surface area contributed by atoms with Crippen LogP contribution in [0.15, 0.2) is 54.6 Å². The fourth-order valence-electron chi connectivity index (χ4n) is 2.59. The fraction of sp³-hybridized carbons (Fsp3) is 0.167. The van der Waals surface area contributed by atoms with Crippen molar-refractivity contribution in [1.82, 2.24) is 9.78 Å². The van der Waals surface area contributed by atoms with Crippen LogP contribution in [0, 0.1) is 0 Å². The molecule has 0 radical (unpaired) electrons. The van der Waals surface area contributed by atoms with Gasteiger partial charge in [-0.15, -0.1) is 0 Å². The normalized spacial score (nSPS) is 12.3. The molecular formula is C18H12F6N2O. The van der Waals surface area contributed by atoms with Gasteiger partial charge in [-0.25, -0.2) is 4.68 Å². The number of alkyl halides is 6. The molecule has 3 aromatic rings. The van der Waals surface area contributed by atoms with Gasteiger partial charge in [-0.05, 0) is 36.4 Å². The summed E-state index contributed by atoms with van der Waals surface area (Å²) in [7, 11) is 1.41. The van der Waals surface area contributed by atoms with Gasteiger partial charge < -0.3 is 4.74 Å². The molecular weight excluding hydrogens is 374 g/mol. The Labute approximate surface area is 149 Å². The van der Waals surface area contributed by atoms with Gasteiger partial charge in [0.05, 0.1) is 24.1 Å². The summed E-state index contributed by atoms with van der Waals surface area (Å²) >= 11 is 0. The quantitative estimate of drug-likeness (QED) is 0.549. The lowest BCUT2D eigenvalue weighted by atomic mass is 10.0. The van der Waals surface area contributed by atoms with Crippen molar-refractivity contribution in [3.8, 4) is 22.7 Å². The first kappa shape index (κ1) is 18.8. The molecule has 9 heteroatoms. The summed E-state index contributed by atoms with van der Waals surface area (Å²) < 4.78 is 85.3. The van der Waals surface area contributed by atoms with Crippen LogP contribution in [0.4, 0.5) is 26.3 Å². The smallest absolute Gasteiger partial charge is 0.435 e. The standard InChI is InChI=1S/C18H12F6N2O/c1-27-12-8-6-11(7-9-12)26-15(10-16(25-26)18(22,23)24)13-4-2-3-5-14(13)17(19,20)21/h2-10H,1H3. The van der Waals surface area contributed by atoms with E-state index in [0.29, 0.717) is 11.8 Å². The van der Waals surface area contributed by atoms with Crippen LogP contribution in [0.1, 0.15) is 11.3 Å². The number of benzene rings is 2. The fourth-order valence-corrected chi connectivity index (χ4v) is 2.59. The number of hydrogen-bond acceptors (Lipinski definition) is 2. The number of aromatic nitrogens is 2. The molecule has 1 aromatic heterocycles. The van der Waals surface area contributed by atoms with Crippen molar-refractivity contribution in [2.24, 2.45) is 0 Å². The van der Waals surface area contributed by atoms with Gasteiger partial charge >= 0.3 is 12.4 Å². The third-order valence-electron chi connectivity index (χ3n) is 3.83. The van der Waals surface area contributed by atoms with Crippen molar-refractivity contribution in [2.45, 2.75) is 12.4 Å². The molecule has 2 aromatic carbocycles. The minimum absolute atomic E-state index is 0.165. The van der Waals surface area contributed by atoms with Gasteiger partial charge in [0.25, 0.3) is 0 Å². The molecule has 0 bridgehead atoms. The molecule has 0 spiro atoms. The van der Waals surface area contributed by atoms with Crippen molar-refractivity contribution in [3.63, 3.8) is 0 Å². The van der Waals surface area contributed by atoms with Gasteiger partial charge in [0.2, 0.25) is 0 Å². The SMILES string of the molecule is COc1ccc(-n2nc(C(F)(F)F)cc2-c2ccccc2C(F)(F)F)cc1. The summed E-state index contributed by atoms with van der Waals surface area (Å²) in [5.74, 6) is 0.444. The number of halogens is 6. The highest BCUT2D eigenvalue weighted by molar-refractivity contribution is 5.67. The van der Waals surface area contributed by atoms with Crippen LogP contribution in [-0.4, -0.2) is 16.9 Å². The summed E-state index contributed by atoms with van der Waals surface area (Å²) in [5, 5.41) is 3.49. The van der Waals surface area contributed by atoms with Crippen LogP contribution < -0.4 is 4.74 Å². The van der Waals surface area contributed by atoms with Crippen molar-refractivity contribution in [2.75, 3.05) is 7.11 Å². The van der Waals surface area contributed by atoms with E-state index in [0.717, 1.165) is 16.8 Å². The molecule has 3 rings (SSSR count). The van der Waals surface area contributed by atoms with Gasteiger partial charge in [0, 0.05) is 5.56 Å². The molecule has 0 saturated heterocycles. The molecule has 3 nitrogen and oxygen atoms in total. The molecule has 0 unspecified atom stereocenters. The van der Waals surface area contributed by atoms with E-state index in [4.69, 9.17) is 4.74 Å². The number of nitrogens with zero attached hydrogens (tertiary/aromatic N) is 2. The van der Waals surface area contributed by atoms with E-state index >= 15 is 0 Å². The minimum Gasteiger partial charge on any atom is -0.497 e. The molecule has 0 aliphatic carbocycles. The summed E-state index contributed by atoms with van der Waals surface area (Å²) in [6.07, 6.45) is -9.54. The largest absolute Gasteiger partial charge is 0.497 e. The van der Waals surface area contributed by atoms with Crippen LogP contribution in [0.25, 0.3) is 16.9 Å². The molecule has 0 aliphatic rings. The van der Waals surface area contributed by atoms with E-state index in [1.54, 1.807) is 0 Å². The second kappa shape index (κ2) is 6.64. The summed E-state index contributed by atoms with van der Waals surface area (Å²) in [6.45, 7) is 0. The van der Waals surface area contributed by atoms with Crippen molar-refractivity contribution >= 4 is 0 Å². The highest BCUT2D eigenvalue weighted by Gasteiger charge is 2.38. The number of ether oxygens (including phenoxy) is 1. The predicted octanol–water partition coefficient (Wildman–Crippen LogP) is 5.59. The summed E-state index contributed by atoms with van der Waals surface area (Å²) in [4.78, 5) is 0. The lowest BCUT2D eigenvalue weighted by molar-refractivity contribution is -0.141. The second-order valence-electron chi connectivity index (χ2n) is 5.57. The minimum atomic E-state index is -4.81. The first-order valence-corrected chi connectivity index (χ1v) is 7.59. The predicted molar refractivity (Wildman–Crippen MR) is 85.6 cm³/mol. The first-order chi connectivity index (χ1) is 12.6. The molecule has 0 amide bonds. The molecule has 27 heavy (non-hydrogen) atoms. The number of rotatable bonds is 3. The van der Waals surface area contributed by atoms with E-state index in [1.165, 1.54) is 43.5 Å². The Bertz CT molecular complexity index is 942. The van der Waals surface area contributed by atoms with Gasteiger partial charge in [-0.1, -0.05) is 18.2 Å². The zero-order chi connectivity index (χ0) is 19.8. The Hall–Kier alpha value is -2.97. The number of methoxy groups -OCH3 is 1. The highest BCUT2D eigenvalue weighted by Crippen LogP contribution is 2.39. The summed E-state index contributed by atoms with van der Waals surface area (Å²) in [5.41, 5.74) is -2.89. The molecule has 0 N–H and O–H groups in total. The molecule has 142 valence electrons. The highest BCUT2D eigenvalue weighted by atomic mass is 19.4. The Morgan fingerprint density at radius 1 is 0.852 bits per heavy atom. The number of hydrogen-bond donors (Lipinski definition) is 0. The lowest BCUT2D eigenvalue weighted by Gasteiger charge is -2.14. The van der Waals surface area contributed by atoms with Gasteiger partial charge in [0.15, 0.2) is 5.69 Å². The van der Waals surface area contributed by atoms with E-state index in [1.807, 2.05) is 0 Å². The third-order valence-corrected chi connectivity index (χ3v) is 3.83. The topological polar surface area (TPSA) is 27.1 Å². The van der Waals surface area contributed by atoms with E-state index in [9.17, 15) is 26.3 Å². The van der Waals surface area contributed by atoms with Crippen LogP contribution in [0.3, 0.4) is 0 Å². The van der Waals surface area contributed by atoms with Crippen LogP contribution in [0.2, 0.25) is 0 Å². The molecule has 0 atom stereocenters. The Balaban J connectivity index is 2.25. The molecule has 0 fully saturated rings. The maximum Gasteiger partial charge on any atom is 0.435 e. The van der Waals surface area contributed by atoms with E-state index < -0.39 is 29.2 Å². The maximum absolute atomic E-state index is 13.3. The first-order valence-electron chi connectivity index (χ1n) is 7.59. The van der Waals surface area contributed by atoms with E-state index in [2.05, 4.69) is 5.10 Å². The molecule has 0 saturated carbocycles. The van der Waals surface area contributed by atoms with Crippen molar-refractivity contribution in [1.29, 1.82) is 0 Å². The van der Waals surface area contributed by atoms with Gasteiger partial charge in [-0.2, -0.15) is 31.4 Å². The Morgan fingerprint density at radius 2 is 1.48 bits per heavy atom. The van der Waals surface area contributed by atoms with Crippen LogP contribution in [0.5, 0.6) is 5.75 Å². The average molecular weight is 386 g/mol. The van der Waals surface area contributed by atoms with Crippen LogP contribution >= 0.6 is 0 Å². The lowest BCUT2D eigenvalue weighted by Crippen LogP contribution is -2.09. The van der Waals surface area contributed by atoms with Crippen molar-refractivity contribution in [3.05, 3.63) is 65.9 Å². The average Bonchev–Trinajstić information content (AvgIpc) is 3.07. The molecule has 1 heterocycles. The third kappa shape index (κ3) is 3.76. The zero-order valence-electron chi connectivity index (χ0n) is 13.8. The molecule has 0 aliphatic heterocycles. The second-order valence-corrected chi connectivity index (χ2v) is 5.57. The van der Waals surface area contributed by atoms with Crippen LogP contribution in [-0.2, 0) is 12.4 Å². The zero-order valence-corrected chi connectivity index (χ0v) is 13.8. The van der Waals surface area contributed by atoms with E-state index in [-0.39, 0.29) is 11.4 Å². The van der Waals surface area contributed by atoms with Crippen molar-refractivity contribution < 1.29 is 31.1 Å².